The first-order chi connectivity index (χ1) is 5.66. The van der Waals surface area contributed by atoms with Gasteiger partial charge in [0.1, 0.15) is 6.29 Å². The summed E-state index contributed by atoms with van der Waals surface area (Å²) in [6.45, 7) is 1.79. The number of anilines is 2. The molecule has 0 heterocycles. The lowest BCUT2D eigenvalue weighted by atomic mass is 10.0. The van der Waals surface area contributed by atoms with Gasteiger partial charge in [-0.25, -0.2) is 0 Å². The van der Waals surface area contributed by atoms with Gasteiger partial charge in [-0.15, -0.1) is 0 Å². The molecule has 1 aromatic rings. The summed E-state index contributed by atoms with van der Waals surface area (Å²) in [5.74, 6) is -0.187. The van der Waals surface area contributed by atoms with Gasteiger partial charge in [0.15, 0.2) is 0 Å². The summed E-state index contributed by atoms with van der Waals surface area (Å²) in [5, 5.41) is 0. The van der Waals surface area contributed by atoms with E-state index in [0.29, 0.717) is 11.4 Å². The fraction of sp³-hybridized carbons (Fsp3) is 0.222. The van der Waals surface area contributed by atoms with E-state index >= 15 is 0 Å². The summed E-state index contributed by atoms with van der Waals surface area (Å²) in [4.78, 5) is 10.5. The molecule has 3 nitrogen and oxygen atoms in total. The number of rotatable bonds is 2. The van der Waals surface area contributed by atoms with Gasteiger partial charge in [0.05, 0.1) is 11.4 Å². The molecule has 1 rings (SSSR count). The molecule has 0 spiro atoms. The van der Waals surface area contributed by atoms with Crippen LogP contribution >= 0.6 is 0 Å². The van der Waals surface area contributed by atoms with Crippen LogP contribution in [-0.2, 0) is 4.79 Å². The van der Waals surface area contributed by atoms with Crippen LogP contribution in [0.2, 0.25) is 0 Å². The van der Waals surface area contributed by atoms with Gasteiger partial charge in [0.25, 0.3) is 0 Å². The van der Waals surface area contributed by atoms with Crippen molar-refractivity contribution < 1.29 is 4.79 Å². The second kappa shape index (κ2) is 3.26. The molecule has 64 valence electrons. The van der Waals surface area contributed by atoms with Gasteiger partial charge in [-0.05, 0) is 11.6 Å². The monoisotopic (exact) mass is 164 g/mol. The number of para-hydroxylation sites is 1. The predicted molar refractivity (Wildman–Crippen MR) is 49.7 cm³/mol. The van der Waals surface area contributed by atoms with Crippen molar-refractivity contribution in [2.24, 2.45) is 0 Å². The summed E-state index contributed by atoms with van der Waals surface area (Å²) < 4.78 is 0. The summed E-state index contributed by atoms with van der Waals surface area (Å²) in [6, 6.07) is 5.32. The predicted octanol–water partition coefficient (Wildman–Crippen LogP) is 1.15. The molecule has 1 atom stereocenters. The molecule has 1 aromatic carbocycles. The van der Waals surface area contributed by atoms with Crippen molar-refractivity contribution in [1.82, 2.24) is 0 Å². The number of nitrogen functional groups attached to an aromatic ring is 2. The molecule has 0 saturated heterocycles. The second-order valence-electron chi connectivity index (χ2n) is 2.77. The standard InChI is InChI=1S/C9H12N2O/c1-6(5-12)7-3-2-4-8(10)9(7)11/h2-6H,10-11H2,1H3. The molecule has 0 aromatic heterocycles. The molecule has 0 radical (unpaired) electrons. The zero-order valence-electron chi connectivity index (χ0n) is 6.95. The van der Waals surface area contributed by atoms with E-state index in [0.717, 1.165) is 11.8 Å². The largest absolute Gasteiger partial charge is 0.397 e. The van der Waals surface area contributed by atoms with Gasteiger partial charge in [0.2, 0.25) is 0 Å². The number of hydrogen-bond donors (Lipinski definition) is 2. The van der Waals surface area contributed by atoms with E-state index in [2.05, 4.69) is 0 Å². The maximum absolute atomic E-state index is 10.5. The molecule has 0 aliphatic heterocycles. The maximum Gasteiger partial charge on any atom is 0.127 e. The fourth-order valence-corrected chi connectivity index (χ4v) is 1.07. The van der Waals surface area contributed by atoms with E-state index < -0.39 is 0 Å². The highest BCUT2D eigenvalue weighted by Gasteiger charge is 2.08. The third-order valence-corrected chi connectivity index (χ3v) is 1.87. The van der Waals surface area contributed by atoms with Crippen LogP contribution in [0.15, 0.2) is 18.2 Å². The van der Waals surface area contributed by atoms with Crippen LogP contribution in [0.4, 0.5) is 11.4 Å². The topological polar surface area (TPSA) is 69.1 Å². The minimum absolute atomic E-state index is 0.187. The molecule has 12 heavy (non-hydrogen) atoms. The molecule has 0 saturated carbocycles. The maximum atomic E-state index is 10.5. The third-order valence-electron chi connectivity index (χ3n) is 1.87. The van der Waals surface area contributed by atoms with Crippen LogP contribution < -0.4 is 11.5 Å². The highest BCUT2D eigenvalue weighted by molar-refractivity contribution is 5.74. The van der Waals surface area contributed by atoms with E-state index in [1.807, 2.05) is 6.07 Å². The van der Waals surface area contributed by atoms with Gasteiger partial charge in [-0.3, -0.25) is 0 Å². The van der Waals surface area contributed by atoms with Crippen LogP contribution in [0, 0.1) is 0 Å². The summed E-state index contributed by atoms with van der Waals surface area (Å²) in [5.41, 5.74) is 13.1. The van der Waals surface area contributed by atoms with Crippen molar-refractivity contribution in [2.45, 2.75) is 12.8 Å². The van der Waals surface area contributed by atoms with Crippen LogP contribution in [-0.4, -0.2) is 6.29 Å². The normalized spacial score (nSPS) is 12.4. The molecule has 4 N–H and O–H groups in total. The first kappa shape index (κ1) is 8.59. The first-order valence-electron chi connectivity index (χ1n) is 3.76. The zero-order valence-corrected chi connectivity index (χ0v) is 6.95. The van der Waals surface area contributed by atoms with Gasteiger partial charge < -0.3 is 16.3 Å². The third kappa shape index (κ3) is 1.39. The molecule has 0 fully saturated rings. The van der Waals surface area contributed by atoms with Crippen LogP contribution in [0.25, 0.3) is 0 Å². The minimum Gasteiger partial charge on any atom is -0.397 e. The van der Waals surface area contributed by atoms with Gasteiger partial charge in [-0.1, -0.05) is 19.1 Å². The highest BCUT2D eigenvalue weighted by atomic mass is 16.1. The number of benzene rings is 1. The zero-order chi connectivity index (χ0) is 9.14. The lowest BCUT2D eigenvalue weighted by Crippen LogP contribution is -2.03. The summed E-state index contributed by atoms with van der Waals surface area (Å²) in [7, 11) is 0. The number of aldehydes is 1. The number of carbonyl (C=O) groups is 1. The van der Waals surface area contributed by atoms with Crippen LogP contribution in [0.1, 0.15) is 18.4 Å². The lowest BCUT2D eigenvalue weighted by molar-refractivity contribution is -0.108. The highest BCUT2D eigenvalue weighted by Crippen LogP contribution is 2.25. The van der Waals surface area contributed by atoms with Crippen LogP contribution in [0.5, 0.6) is 0 Å². The Balaban J connectivity index is 3.15. The van der Waals surface area contributed by atoms with Crippen molar-refractivity contribution >= 4 is 17.7 Å². The van der Waals surface area contributed by atoms with Crippen molar-refractivity contribution in [3.05, 3.63) is 23.8 Å². The fourth-order valence-electron chi connectivity index (χ4n) is 1.07. The van der Waals surface area contributed by atoms with Crippen molar-refractivity contribution in [3.8, 4) is 0 Å². The lowest BCUT2D eigenvalue weighted by Gasteiger charge is -2.09. The van der Waals surface area contributed by atoms with Crippen molar-refractivity contribution in [3.63, 3.8) is 0 Å². The minimum atomic E-state index is -0.187. The van der Waals surface area contributed by atoms with E-state index in [4.69, 9.17) is 11.5 Å². The Kier molecular flexibility index (Phi) is 2.33. The first-order valence-corrected chi connectivity index (χ1v) is 3.76. The molecular weight excluding hydrogens is 152 g/mol. The van der Waals surface area contributed by atoms with Gasteiger partial charge in [0, 0.05) is 5.92 Å². The number of carbonyl (C=O) groups excluding carboxylic acids is 1. The molecule has 1 unspecified atom stereocenters. The Morgan fingerprint density at radius 3 is 2.67 bits per heavy atom. The smallest absolute Gasteiger partial charge is 0.127 e. The Morgan fingerprint density at radius 2 is 2.08 bits per heavy atom. The van der Waals surface area contributed by atoms with E-state index in [1.165, 1.54) is 0 Å². The molecule has 0 aliphatic rings. The van der Waals surface area contributed by atoms with Gasteiger partial charge in [-0.2, -0.15) is 0 Å². The molecule has 0 aliphatic carbocycles. The van der Waals surface area contributed by atoms with E-state index in [-0.39, 0.29) is 5.92 Å². The SMILES string of the molecule is CC(C=O)c1cccc(N)c1N. The van der Waals surface area contributed by atoms with Crippen LogP contribution in [0.3, 0.4) is 0 Å². The van der Waals surface area contributed by atoms with Crippen molar-refractivity contribution in [1.29, 1.82) is 0 Å². The number of hydrogen-bond acceptors (Lipinski definition) is 3. The Hall–Kier alpha value is -1.51. The average Bonchev–Trinajstić information content (AvgIpc) is 2.08. The molecular formula is C9H12N2O. The molecule has 0 amide bonds. The van der Waals surface area contributed by atoms with Gasteiger partial charge >= 0.3 is 0 Å². The quantitative estimate of drug-likeness (QED) is 0.509. The summed E-state index contributed by atoms with van der Waals surface area (Å²) in [6.07, 6.45) is 0.852. The molecule has 3 heteroatoms. The summed E-state index contributed by atoms with van der Waals surface area (Å²) >= 11 is 0. The Morgan fingerprint density at radius 1 is 1.42 bits per heavy atom. The van der Waals surface area contributed by atoms with Crippen molar-refractivity contribution in [2.75, 3.05) is 11.5 Å². The number of nitrogens with two attached hydrogens (primary N) is 2. The van der Waals surface area contributed by atoms with E-state index in [1.54, 1.807) is 19.1 Å². The van der Waals surface area contributed by atoms with E-state index in [9.17, 15) is 4.79 Å². The Labute approximate surface area is 71.4 Å². The average molecular weight is 164 g/mol. The second-order valence-corrected chi connectivity index (χ2v) is 2.77. The molecule has 0 bridgehead atoms. The Bertz CT molecular complexity index is 297.